The summed E-state index contributed by atoms with van der Waals surface area (Å²) >= 11 is 0. The predicted octanol–water partition coefficient (Wildman–Crippen LogP) is 1.43. The van der Waals surface area contributed by atoms with Gasteiger partial charge in [-0.2, -0.15) is 0 Å². The van der Waals surface area contributed by atoms with E-state index in [9.17, 15) is 5.21 Å². The average Bonchev–Trinajstić information content (AvgIpc) is 2.64. The van der Waals surface area contributed by atoms with Crippen LogP contribution in [0, 0.1) is 5.21 Å². The fourth-order valence-corrected chi connectivity index (χ4v) is 1.23. The maximum atomic E-state index is 10.7. The lowest BCUT2D eigenvalue weighted by atomic mass is 10.2. The molecule has 1 aromatic carbocycles. The van der Waals surface area contributed by atoms with Gasteiger partial charge in [0.1, 0.15) is 0 Å². The first-order valence-electron chi connectivity index (χ1n) is 3.98. The molecule has 1 aromatic rings. The van der Waals surface area contributed by atoms with Gasteiger partial charge in [-0.3, -0.25) is 0 Å². The zero-order valence-corrected chi connectivity index (χ0v) is 7.92. The minimum atomic E-state index is -0.0207. The molecule has 4 N–H and O–H groups in total. The van der Waals surface area contributed by atoms with E-state index in [0.717, 1.165) is 0 Å². The Bertz CT molecular complexity index is 380. The summed E-state index contributed by atoms with van der Waals surface area (Å²) in [5.74, 6) is 1.26. The fourth-order valence-electron chi connectivity index (χ4n) is 1.23. The monoisotopic (exact) mass is 213 g/mol. The van der Waals surface area contributed by atoms with Crippen molar-refractivity contribution in [2.75, 3.05) is 6.79 Å². The van der Waals surface area contributed by atoms with E-state index in [2.05, 4.69) is 5.28 Å². The van der Waals surface area contributed by atoms with Crippen LogP contribution in [0.15, 0.2) is 23.5 Å². The number of fused-ring (bicyclic) bond motifs is 1. The van der Waals surface area contributed by atoms with Gasteiger partial charge in [0, 0.05) is 5.56 Å². The summed E-state index contributed by atoms with van der Waals surface area (Å²) in [4.78, 5) is 0.178. The van der Waals surface area contributed by atoms with Gasteiger partial charge in [-0.05, 0) is 18.2 Å². The number of rotatable bonds is 2. The van der Waals surface area contributed by atoms with Crippen LogP contribution in [0.2, 0.25) is 0 Å². The average molecular weight is 213 g/mol. The largest absolute Gasteiger partial charge is 0.597 e. The molecule has 0 bridgehead atoms. The van der Waals surface area contributed by atoms with Gasteiger partial charge >= 0.3 is 0 Å². The van der Waals surface area contributed by atoms with Gasteiger partial charge in [-0.15, -0.1) is 0 Å². The van der Waals surface area contributed by atoms with Crippen molar-refractivity contribution in [3.05, 3.63) is 29.0 Å². The van der Waals surface area contributed by atoms with Crippen molar-refractivity contribution in [2.24, 2.45) is 5.28 Å². The van der Waals surface area contributed by atoms with E-state index >= 15 is 0 Å². The van der Waals surface area contributed by atoms with Crippen LogP contribution in [0.4, 0.5) is 0 Å². The Morgan fingerprint density at radius 1 is 1.40 bits per heavy atom. The van der Waals surface area contributed by atoms with E-state index in [0.29, 0.717) is 17.1 Å². The number of hydroxylamine groups is 1. The quantitative estimate of drug-likeness (QED) is 0.438. The van der Waals surface area contributed by atoms with Crippen LogP contribution < -0.4 is 15.6 Å². The summed E-state index contributed by atoms with van der Waals surface area (Å²) in [6, 6.07) is 5.10. The van der Waals surface area contributed by atoms with Crippen LogP contribution in [0.25, 0.3) is 0 Å². The Balaban J connectivity index is 0.00000112. The van der Waals surface area contributed by atoms with E-state index in [1.807, 2.05) is 0 Å². The highest BCUT2D eigenvalue weighted by atomic mass is 16.7. The first-order valence-corrected chi connectivity index (χ1v) is 3.98. The smallest absolute Gasteiger partial charge is 0.231 e. The minimum Gasteiger partial charge on any atom is -0.597 e. The van der Waals surface area contributed by atoms with Gasteiger partial charge in [0.25, 0.3) is 0 Å². The number of nitrogens with zero attached hydrogens (tertiary/aromatic N) is 2. The van der Waals surface area contributed by atoms with Crippen molar-refractivity contribution in [1.29, 1.82) is 0 Å². The molecule has 7 heteroatoms. The standard InChI is InChI=1S/C8H8N2O4.H3N/c11-9-10(12)4-6-1-2-7-8(3-6)14-5-13-7;/h1-3,11H,4-5H2;1H3. The zero-order chi connectivity index (χ0) is 9.97. The van der Waals surface area contributed by atoms with E-state index in [1.165, 1.54) is 0 Å². The molecule has 15 heavy (non-hydrogen) atoms. The van der Waals surface area contributed by atoms with Crippen molar-refractivity contribution in [2.45, 2.75) is 6.54 Å². The second kappa shape index (κ2) is 4.47. The van der Waals surface area contributed by atoms with Crippen LogP contribution >= 0.6 is 0 Å². The number of hydrogen-bond acceptors (Lipinski definition) is 5. The molecule has 82 valence electrons. The SMILES string of the molecule is N.[O-][N+](Cc1ccc2c(c1)OCO2)=NO. The third-order valence-corrected chi connectivity index (χ3v) is 1.85. The highest BCUT2D eigenvalue weighted by molar-refractivity contribution is 5.44. The maximum absolute atomic E-state index is 10.7. The summed E-state index contributed by atoms with van der Waals surface area (Å²) in [5, 5.41) is 21.4. The minimum absolute atomic E-state index is 0. The molecule has 2 rings (SSSR count). The molecular formula is C8H11N3O4. The van der Waals surface area contributed by atoms with Crippen LogP contribution in [-0.2, 0) is 6.54 Å². The van der Waals surface area contributed by atoms with Crippen LogP contribution in [-0.4, -0.2) is 16.9 Å². The van der Waals surface area contributed by atoms with Gasteiger partial charge < -0.3 is 26.0 Å². The molecule has 0 amide bonds. The first kappa shape index (κ1) is 11.1. The van der Waals surface area contributed by atoms with E-state index < -0.39 is 0 Å². The molecule has 0 atom stereocenters. The maximum Gasteiger partial charge on any atom is 0.231 e. The highest BCUT2D eigenvalue weighted by Gasteiger charge is 2.14. The molecule has 1 aliphatic rings. The Hall–Kier alpha value is -2.02. The fraction of sp³-hybridized carbons (Fsp3) is 0.250. The summed E-state index contributed by atoms with van der Waals surface area (Å²) in [6.07, 6.45) is 0. The molecule has 0 radical (unpaired) electrons. The van der Waals surface area contributed by atoms with Crippen molar-refractivity contribution >= 4 is 0 Å². The molecule has 0 spiro atoms. The number of benzene rings is 1. The van der Waals surface area contributed by atoms with Crippen LogP contribution in [0.3, 0.4) is 0 Å². The third-order valence-electron chi connectivity index (χ3n) is 1.85. The lowest BCUT2D eigenvalue weighted by molar-refractivity contribution is -0.570. The molecule has 7 nitrogen and oxygen atoms in total. The summed E-state index contributed by atoms with van der Waals surface area (Å²) in [5.41, 5.74) is 0.696. The summed E-state index contributed by atoms with van der Waals surface area (Å²) < 4.78 is 10.2. The Labute approximate surface area is 85.7 Å². The predicted molar refractivity (Wildman–Crippen MR) is 49.1 cm³/mol. The lowest BCUT2D eigenvalue weighted by Crippen LogP contribution is -1.99. The number of ether oxygens (including phenoxy) is 2. The summed E-state index contributed by atoms with van der Waals surface area (Å²) in [6.45, 7) is 0.178. The van der Waals surface area contributed by atoms with E-state index in [4.69, 9.17) is 14.7 Å². The molecule has 0 fully saturated rings. The van der Waals surface area contributed by atoms with E-state index in [-0.39, 0.29) is 24.3 Å². The normalized spacial score (nSPS) is 13.5. The van der Waals surface area contributed by atoms with Gasteiger partial charge in [-0.25, -0.2) is 0 Å². The Kier molecular flexibility index (Phi) is 3.29. The summed E-state index contributed by atoms with van der Waals surface area (Å²) in [7, 11) is 0. The zero-order valence-electron chi connectivity index (χ0n) is 7.92. The number of hydrogen-bond donors (Lipinski definition) is 2. The van der Waals surface area contributed by atoms with Crippen molar-refractivity contribution in [1.82, 2.24) is 6.15 Å². The molecular weight excluding hydrogens is 202 g/mol. The van der Waals surface area contributed by atoms with Gasteiger partial charge in [0.05, 0.1) is 0 Å². The van der Waals surface area contributed by atoms with Crippen molar-refractivity contribution < 1.29 is 19.5 Å². The Morgan fingerprint density at radius 2 is 2.13 bits per heavy atom. The van der Waals surface area contributed by atoms with Crippen LogP contribution in [0.1, 0.15) is 5.56 Å². The molecule has 0 saturated heterocycles. The molecule has 1 aliphatic heterocycles. The van der Waals surface area contributed by atoms with E-state index in [1.54, 1.807) is 18.2 Å². The molecule has 0 unspecified atom stereocenters. The second-order valence-electron chi connectivity index (χ2n) is 2.79. The highest BCUT2D eigenvalue weighted by Crippen LogP contribution is 2.32. The van der Waals surface area contributed by atoms with Crippen LogP contribution in [0.5, 0.6) is 11.5 Å². The lowest BCUT2D eigenvalue weighted by Gasteiger charge is -2.00. The van der Waals surface area contributed by atoms with Gasteiger partial charge in [0.15, 0.2) is 16.8 Å². The van der Waals surface area contributed by atoms with Crippen molar-refractivity contribution in [3.8, 4) is 11.5 Å². The van der Waals surface area contributed by atoms with Gasteiger partial charge in [-0.1, -0.05) is 4.86 Å². The first-order chi connectivity index (χ1) is 6.79. The third kappa shape index (κ3) is 2.26. The second-order valence-corrected chi connectivity index (χ2v) is 2.79. The molecule has 1 heterocycles. The van der Waals surface area contributed by atoms with Gasteiger partial charge in [0.2, 0.25) is 13.3 Å². The Morgan fingerprint density at radius 3 is 2.87 bits per heavy atom. The topological polar surface area (TPSA) is 112 Å². The molecule has 0 aromatic heterocycles. The molecule has 0 aliphatic carbocycles. The molecule has 0 saturated carbocycles. The van der Waals surface area contributed by atoms with Crippen molar-refractivity contribution in [3.63, 3.8) is 0 Å².